The first kappa shape index (κ1) is 14.3. The van der Waals surface area contributed by atoms with Crippen LogP contribution in [0.2, 0.25) is 0 Å². The molecule has 0 aliphatic heterocycles. The number of carboxylic acid groups (broad SMARTS) is 1. The van der Waals surface area contributed by atoms with Crippen molar-refractivity contribution in [2.24, 2.45) is 5.92 Å². The molecular weight excluding hydrogens is 234 g/mol. The summed E-state index contributed by atoms with van der Waals surface area (Å²) in [5, 5.41) is 11.7. The molecule has 2 N–H and O–H groups in total. The Morgan fingerprint density at radius 2 is 2.11 bits per heavy atom. The molecule has 1 aromatic rings. The fourth-order valence-electron chi connectivity index (χ4n) is 1.63. The fraction of sp³-hybridized carbons (Fsp3) is 0.538. The number of nitrogens with one attached hydrogen (secondary N) is 1. The quantitative estimate of drug-likeness (QED) is 0.843. The molecule has 0 bridgehead atoms. The molecule has 5 nitrogen and oxygen atoms in total. The third-order valence-corrected chi connectivity index (χ3v) is 3.26. The Hall–Kier alpha value is -1.78. The Morgan fingerprint density at radius 1 is 1.50 bits per heavy atom. The monoisotopic (exact) mass is 253 g/mol. The highest BCUT2D eigenvalue weighted by Crippen LogP contribution is 2.22. The van der Waals surface area contributed by atoms with Crippen molar-refractivity contribution in [2.75, 3.05) is 0 Å². The van der Waals surface area contributed by atoms with E-state index in [4.69, 9.17) is 9.52 Å². The summed E-state index contributed by atoms with van der Waals surface area (Å²) in [6, 6.07) is 1.69. The molecule has 0 aliphatic rings. The zero-order chi connectivity index (χ0) is 13.9. The highest BCUT2D eigenvalue weighted by molar-refractivity contribution is 5.93. The highest BCUT2D eigenvalue weighted by atomic mass is 16.4. The van der Waals surface area contributed by atoms with Gasteiger partial charge in [-0.1, -0.05) is 13.8 Å². The number of furan rings is 1. The number of carbonyl (C=O) groups excluding carboxylic acids is 1. The lowest BCUT2D eigenvalue weighted by Crippen LogP contribution is -2.51. The molecule has 100 valence electrons. The number of aryl methyl sites for hydroxylation is 1. The molecule has 0 saturated carbocycles. The van der Waals surface area contributed by atoms with Gasteiger partial charge in [-0.15, -0.1) is 0 Å². The van der Waals surface area contributed by atoms with Gasteiger partial charge in [0.2, 0.25) is 0 Å². The van der Waals surface area contributed by atoms with Crippen molar-refractivity contribution in [3.63, 3.8) is 0 Å². The van der Waals surface area contributed by atoms with Gasteiger partial charge in [0, 0.05) is 5.56 Å². The number of aliphatic carboxylic acids is 1. The van der Waals surface area contributed by atoms with Crippen LogP contribution in [-0.2, 0) is 4.79 Å². The maximum atomic E-state index is 12.0. The average molecular weight is 253 g/mol. The Balaban J connectivity index is 2.88. The Labute approximate surface area is 106 Å². The van der Waals surface area contributed by atoms with Crippen LogP contribution in [0.1, 0.15) is 43.3 Å². The molecule has 0 fully saturated rings. The molecule has 1 aromatic heterocycles. The van der Waals surface area contributed by atoms with Crippen molar-refractivity contribution < 1.29 is 19.1 Å². The van der Waals surface area contributed by atoms with E-state index in [0.717, 1.165) is 5.56 Å². The molecule has 1 rings (SSSR count). The van der Waals surface area contributed by atoms with Crippen molar-refractivity contribution >= 4 is 11.9 Å². The van der Waals surface area contributed by atoms with E-state index in [1.807, 2.05) is 13.8 Å². The van der Waals surface area contributed by atoms with E-state index in [9.17, 15) is 9.59 Å². The van der Waals surface area contributed by atoms with E-state index in [2.05, 4.69) is 5.32 Å². The third-order valence-electron chi connectivity index (χ3n) is 3.26. The Kier molecular flexibility index (Phi) is 4.16. The molecule has 0 saturated heterocycles. The Bertz CT molecular complexity index is 450. The molecule has 1 heterocycles. The second-order valence-corrected chi connectivity index (χ2v) is 5.03. The van der Waals surface area contributed by atoms with Crippen LogP contribution in [0.4, 0.5) is 0 Å². The van der Waals surface area contributed by atoms with Crippen LogP contribution in [0.3, 0.4) is 0 Å². The van der Waals surface area contributed by atoms with Crippen LogP contribution >= 0.6 is 0 Å². The van der Waals surface area contributed by atoms with Crippen LogP contribution in [-0.4, -0.2) is 22.5 Å². The van der Waals surface area contributed by atoms with E-state index >= 15 is 0 Å². The second kappa shape index (κ2) is 5.25. The van der Waals surface area contributed by atoms with Gasteiger partial charge in [-0.05, 0) is 25.8 Å². The summed E-state index contributed by atoms with van der Waals surface area (Å²) in [5.74, 6) is -1.10. The van der Waals surface area contributed by atoms with E-state index in [1.165, 1.54) is 6.26 Å². The number of hydrogen-bond donors (Lipinski definition) is 2. The van der Waals surface area contributed by atoms with E-state index < -0.39 is 11.5 Å². The lowest BCUT2D eigenvalue weighted by molar-refractivity contribution is -0.138. The number of rotatable bonds is 5. The molecule has 18 heavy (non-hydrogen) atoms. The highest BCUT2D eigenvalue weighted by Gasteiger charge is 2.34. The summed E-state index contributed by atoms with van der Waals surface area (Å²) in [4.78, 5) is 22.9. The third kappa shape index (κ3) is 3.12. The van der Waals surface area contributed by atoms with Crippen LogP contribution in [0.5, 0.6) is 0 Å². The molecule has 0 spiro atoms. The predicted octanol–water partition coefficient (Wildman–Crippen LogP) is 2.21. The van der Waals surface area contributed by atoms with Gasteiger partial charge in [0.05, 0.1) is 18.2 Å². The van der Waals surface area contributed by atoms with Gasteiger partial charge >= 0.3 is 5.97 Å². The largest absolute Gasteiger partial charge is 0.481 e. The molecule has 1 amide bonds. The summed E-state index contributed by atoms with van der Waals surface area (Å²) in [7, 11) is 0. The lowest BCUT2D eigenvalue weighted by atomic mass is 9.85. The average Bonchev–Trinajstić information content (AvgIpc) is 2.62. The molecule has 0 radical (unpaired) electrons. The predicted molar refractivity (Wildman–Crippen MR) is 66.4 cm³/mol. The van der Waals surface area contributed by atoms with Crippen LogP contribution in [0.25, 0.3) is 0 Å². The summed E-state index contributed by atoms with van der Waals surface area (Å²) in [5.41, 5.74) is -0.0729. The maximum absolute atomic E-state index is 12.0. The molecule has 5 heteroatoms. The lowest BCUT2D eigenvalue weighted by Gasteiger charge is -2.33. The first-order valence-electron chi connectivity index (χ1n) is 5.84. The van der Waals surface area contributed by atoms with Crippen LogP contribution in [0.15, 0.2) is 16.7 Å². The van der Waals surface area contributed by atoms with Crippen LogP contribution in [0, 0.1) is 12.8 Å². The standard InChI is InChI=1S/C13H19NO4/c1-8(2)13(4,7-10(15)16)14-12(17)11-9(3)5-6-18-11/h5-6,8H,7H2,1-4H3,(H,14,17)(H,15,16). The first-order chi connectivity index (χ1) is 8.26. The minimum atomic E-state index is -0.942. The minimum absolute atomic E-state index is 0.00665. The number of carboxylic acids is 1. The summed E-state index contributed by atoms with van der Waals surface area (Å²) < 4.78 is 5.10. The van der Waals surface area contributed by atoms with E-state index in [-0.39, 0.29) is 24.0 Å². The molecule has 0 aliphatic carbocycles. The second-order valence-electron chi connectivity index (χ2n) is 5.03. The van der Waals surface area contributed by atoms with Crippen molar-refractivity contribution in [1.82, 2.24) is 5.32 Å². The SMILES string of the molecule is Cc1ccoc1C(=O)NC(C)(CC(=O)O)C(C)C. The smallest absolute Gasteiger partial charge is 0.305 e. The zero-order valence-corrected chi connectivity index (χ0v) is 11.1. The summed E-state index contributed by atoms with van der Waals surface area (Å²) in [6.45, 7) is 7.24. The Morgan fingerprint density at radius 3 is 2.50 bits per heavy atom. The van der Waals surface area contributed by atoms with Gasteiger partial charge in [-0.2, -0.15) is 0 Å². The van der Waals surface area contributed by atoms with E-state index in [0.29, 0.717) is 0 Å². The molecular formula is C13H19NO4. The molecule has 1 unspecified atom stereocenters. The van der Waals surface area contributed by atoms with Gasteiger partial charge < -0.3 is 14.8 Å². The normalized spacial score (nSPS) is 14.3. The maximum Gasteiger partial charge on any atom is 0.305 e. The first-order valence-corrected chi connectivity index (χ1v) is 5.84. The topological polar surface area (TPSA) is 79.5 Å². The van der Waals surface area contributed by atoms with Gasteiger partial charge in [0.1, 0.15) is 0 Å². The zero-order valence-electron chi connectivity index (χ0n) is 11.1. The molecule has 1 atom stereocenters. The van der Waals surface area contributed by atoms with Crippen molar-refractivity contribution in [3.8, 4) is 0 Å². The number of hydrogen-bond acceptors (Lipinski definition) is 3. The number of amides is 1. The van der Waals surface area contributed by atoms with Gasteiger partial charge in [-0.3, -0.25) is 9.59 Å². The van der Waals surface area contributed by atoms with Gasteiger partial charge in [0.15, 0.2) is 5.76 Å². The fourth-order valence-corrected chi connectivity index (χ4v) is 1.63. The minimum Gasteiger partial charge on any atom is -0.481 e. The van der Waals surface area contributed by atoms with E-state index in [1.54, 1.807) is 19.9 Å². The summed E-state index contributed by atoms with van der Waals surface area (Å²) in [6.07, 6.45) is 1.31. The van der Waals surface area contributed by atoms with Crippen molar-refractivity contribution in [2.45, 2.75) is 39.7 Å². The van der Waals surface area contributed by atoms with Crippen molar-refractivity contribution in [3.05, 3.63) is 23.7 Å². The molecule has 0 aromatic carbocycles. The summed E-state index contributed by atoms with van der Waals surface area (Å²) >= 11 is 0. The van der Waals surface area contributed by atoms with Crippen molar-refractivity contribution in [1.29, 1.82) is 0 Å². The van der Waals surface area contributed by atoms with Gasteiger partial charge in [0.25, 0.3) is 5.91 Å². The van der Waals surface area contributed by atoms with Gasteiger partial charge in [-0.25, -0.2) is 0 Å². The van der Waals surface area contributed by atoms with Crippen LogP contribution < -0.4 is 5.32 Å². The number of carbonyl (C=O) groups is 2.